The van der Waals surface area contributed by atoms with Gasteiger partial charge in [0, 0.05) is 24.2 Å². The van der Waals surface area contributed by atoms with Gasteiger partial charge >= 0.3 is 0 Å². The van der Waals surface area contributed by atoms with Gasteiger partial charge in [0.1, 0.15) is 0 Å². The fraction of sp³-hybridized carbons (Fsp3) is 0.444. The maximum Gasteiger partial charge on any atom is 0.267 e. The van der Waals surface area contributed by atoms with Crippen LogP contribution < -0.4 is 10.8 Å². The number of thioether (sulfide) groups is 1. The van der Waals surface area contributed by atoms with Gasteiger partial charge in [0.15, 0.2) is 5.16 Å². The number of nitrogens with one attached hydrogen (secondary N) is 2. The van der Waals surface area contributed by atoms with Crippen molar-refractivity contribution in [3.05, 3.63) is 29.8 Å². The first-order valence-corrected chi connectivity index (χ1v) is 9.42. The molecule has 0 saturated carbocycles. The van der Waals surface area contributed by atoms with E-state index in [9.17, 15) is 4.79 Å². The number of hydrogen-bond acceptors (Lipinski definition) is 5. The maximum absolute atomic E-state index is 11.1. The Balaban J connectivity index is 2.37. The van der Waals surface area contributed by atoms with E-state index in [0.717, 1.165) is 28.3 Å². The predicted molar refractivity (Wildman–Crippen MR) is 103 cm³/mol. The van der Waals surface area contributed by atoms with Crippen LogP contribution in [0, 0.1) is 0 Å². The highest BCUT2D eigenvalue weighted by atomic mass is 32.2. The van der Waals surface area contributed by atoms with Crippen LogP contribution in [0.2, 0.25) is 0 Å². The molecule has 0 aliphatic heterocycles. The van der Waals surface area contributed by atoms with Crippen LogP contribution in [0.5, 0.6) is 0 Å². The van der Waals surface area contributed by atoms with E-state index in [4.69, 9.17) is 10.2 Å². The summed E-state index contributed by atoms with van der Waals surface area (Å²) >= 11 is 1.62. The second-order valence-electron chi connectivity index (χ2n) is 6.93. The highest BCUT2D eigenvalue weighted by molar-refractivity contribution is 7.98. The zero-order valence-electron chi connectivity index (χ0n) is 15.3. The number of nitrogens with zero attached hydrogens (tertiary/aromatic N) is 2. The van der Waals surface area contributed by atoms with Crippen LogP contribution >= 0.6 is 11.8 Å². The average molecular weight is 362 g/mol. The molecule has 136 valence electrons. The SMILES string of the molecule is CSc1nc2cc(/C=C/C(=O)NO)ccc2n1CC(C)(C)NC(C)C. The monoisotopic (exact) mass is 362 g/mol. The lowest BCUT2D eigenvalue weighted by molar-refractivity contribution is -0.124. The fourth-order valence-electron chi connectivity index (χ4n) is 2.97. The van der Waals surface area contributed by atoms with E-state index >= 15 is 0 Å². The van der Waals surface area contributed by atoms with Crippen molar-refractivity contribution in [3.8, 4) is 0 Å². The highest BCUT2D eigenvalue weighted by Gasteiger charge is 2.22. The molecule has 0 aliphatic carbocycles. The minimum atomic E-state index is -0.558. The summed E-state index contributed by atoms with van der Waals surface area (Å²) in [6.45, 7) is 9.47. The van der Waals surface area contributed by atoms with Gasteiger partial charge in [0.05, 0.1) is 11.0 Å². The zero-order valence-corrected chi connectivity index (χ0v) is 16.1. The molecule has 25 heavy (non-hydrogen) atoms. The molecule has 6 nitrogen and oxygen atoms in total. The molecule has 0 aliphatic rings. The van der Waals surface area contributed by atoms with Gasteiger partial charge in [-0.1, -0.05) is 31.7 Å². The van der Waals surface area contributed by atoms with E-state index in [2.05, 4.69) is 37.6 Å². The molecule has 0 unspecified atom stereocenters. The number of hydrogen-bond donors (Lipinski definition) is 3. The number of fused-ring (bicyclic) bond motifs is 1. The topological polar surface area (TPSA) is 79.2 Å². The van der Waals surface area contributed by atoms with Crippen LogP contribution in [0.15, 0.2) is 29.4 Å². The summed E-state index contributed by atoms with van der Waals surface area (Å²) in [4.78, 5) is 15.8. The molecule has 0 fully saturated rings. The van der Waals surface area contributed by atoms with E-state index in [1.54, 1.807) is 23.3 Å². The van der Waals surface area contributed by atoms with E-state index in [1.807, 2.05) is 24.5 Å². The summed E-state index contributed by atoms with van der Waals surface area (Å²) in [5.74, 6) is -0.558. The van der Waals surface area contributed by atoms with Crippen molar-refractivity contribution in [2.45, 2.75) is 51.0 Å². The lowest BCUT2D eigenvalue weighted by Gasteiger charge is -2.30. The van der Waals surface area contributed by atoms with Gasteiger partial charge in [0.25, 0.3) is 5.91 Å². The fourth-order valence-corrected chi connectivity index (χ4v) is 3.54. The Hall–Kier alpha value is -1.83. The molecule has 2 aromatic rings. The van der Waals surface area contributed by atoms with Gasteiger partial charge in [0.2, 0.25) is 0 Å². The third-order valence-corrected chi connectivity index (χ3v) is 4.37. The summed E-state index contributed by atoms with van der Waals surface area (Å²) < 4.78 is 2.23. The van der Waals surface area contributed by atoms with Crippen LogP contribution in [-0.2, 0) is 11.3 Å². The summed E-state index contributed by atoms with van der Waals surface area (Å²) in [7, 11) is 0. The molecular weight excluding hydrogens is 336 g/mol. The molecule has 1 aromatic carbocycles. The van der Waals surface area contributed by atoms with Gasteiger partial charge in [-0.3, -0.25) is 10.0 Å². The Morgan fingerprint density at radius 2 is 2.16 bits per heavy atom. The molecule has 1 heterocycles. The second-order valence-corrected chi connectivity index (χ2v) is 7.70. The molecule has 0 bridgehead atoms. The Morgan fingerprint density at radius 3 is 2.76 bits per heavy atom. The van der Waals surface area contributed by atoms with E-state index in [1.165, 1.54) is 6.08 Å². The molecule has 3 N–H and O–H groups in total. The first kappa shape index (κ1) is 19.5. The van der Waals surface area contributed by atoms with Crippen LogP contribution in [-0.4, -0.2) is 38.5 Å². The molecule has 2 rings (SSSR count). The van der Waals surface area contributed by atoms with Crippen molar-refractivity contribution >= 4 is 34.8 Å². The van der Waals surface area contributed by atoms with Crippen molar-refractivity contribution < 1.29 is 10.0 Å². The lowest BCUT2D eigenvalue weighted by atomic mass is 10.0. The minimum absolute atomic E-state index is 0.0654. The molecular formula is C18H26N4O2S. The van der Waals surface area contributed by atoms with Gasteiger partial charge in [-0.05, 0) is 43.9 Å². The largest absolute Gasteiger partial charge is 0.317 e. The summed E-state index contributed by atoms with van der Waals surface area (Å²) in [5.41, 5.74) is 4.32. The number of amides is 1. The number of carbonyl (C=O) groups is 1. The van der Waals surface area contributed by atoms with Crippen LogP contribution in [0.25, 0.3) is 17.1 Å². The van der Waals surface area contributed by atoms with Gasteiger partial charge in [-0.2, -0.15) is 0 Å². The standard InChI is InChI=1S/C18H26N4O2S/c1-12(2)20-18(3,4)11-22-15-8-6-13(7-9-16(23)21-24)10-14(15)19-17(22)25-5/h6-10,12,20,24H,11H2,1-5H3,(H,21,23)/b9-7+. The molecule has 0 spiro atoms. The van der Waals surface area contributed by atoms with Crippen molar-refractivity contribution in [2.75, 3.05) is 6.26 Å². The Kier molecular flexibility index (Phi) is 6.26. The Morgan fingerprint density at radius 1 is 1.44 bits per heavy atom. The Bertz CT molecular complexity index is 781. The van der Waals surface area contributed by atoms with Gasteiger partial charge in [-0.15, -0.1) is 0 Å². The van der Waals surface area contributed by atoms with E-state index < -0.39 is 5.91 Å². The third kappa shape index (κ3) is 5.07. The zero-order chi connectivity index (χ0) is 18.6. The number of carbonyl (C=O) groups excluding carboxylic acids is 1. The van der Waals surface area contributed by atoms with Crippen LogP contribution in [0.4, 0.5) is 0 Å². The molecule has 1 amide bonds. The van der Waals surface area contributed by atoms with Crippen molar-refractivity contribution in [1.29, 1.82) is 0 Å². The third-order valence-electron chi connectivity index (χ3n) is 3.69. The number of hydroxylamine groups is 1. The average Bonchev–Trinajstić information content (AvgIpc) is 2.87. The molecule has 7 heteroatoms. The molecule has 0 radical (unpaired) electrons. The lowest BCUT2D eigenvalue weighted by Crippen LogP contribution is -2.46. The van der Waals surface area contributed by atoms with Crippen molar-refractivity contribution in [3.63, 3.8) is 0 Å². The maximum atomic E-state index is 11.1. The quantitative estimate of drug-likeness (QED) is 0.305. The highest BCUT2D eigenvalue weighted by Crippen LogP contribution is 2.26. The van der Waals surface area contributed by atoms with Crippen LogP contribution in [0.3, 0.4) is 0 Å². The molecule has 1 aromatic heterocycles. The number of aromatic nitrogens is 2. The smallest absolute Gasteiger partial charge is 0.267 e. The minimum Gasteiger partial charge on any atom is -0.317 e. The van der Waals surface area contributed by atoms with E-state index in [0.29, 0.717) is 6.04 Å². The second kappa shape index (κ2) is 8.03. The number of imidazole rings is 1. The number of rotatable bonds is 7. The first-order chi connectivity index (χ1) is 11.8. The summed E-state index contributed by atoms with van der Waals surface area (Å²) in [6, 6.07) is 6.30. The van der Waals surface area contributed by atoms with E-state index in [-0.39, 0.29) is 5.54 Å². The molecule has 0 atom stereocenters. The predicted octanol–water partition coefficient (Wildman–Crippen LogP) is 3.05. The molecule has 0 saturated heterocycles. The summed E-state index contributed by atoms with van der Waals surface area (Å²) in [6.07, 6.45) is 4.95. The number of benzene rings is 1. The Labute approximate surface area is 152 Å². The van der Waals surface area contributed by atoms with Crippen molar-refractivity contribution in [1.82, 2.24) is 20.3 Å². The van der Waals surface area contributed by atoms with Crippen LogP contribution in [0.1, 0.15) is 33.3 Å². The normalized spacial score (nSPS) is 12.4. The van der Waals surface area contributed by atoms with Gasteiger partial charge < -0.3 is 9.88 Å². The summed E-state index contributed by atoms with van der Waals surface area (Å²) in [5, 5.41) is 13.1. The van der Waals surface area contributed by atoms with Gasteiger partial charge in [-0.25, -0.2) is 10.5 Å². The first-order valence-electron chi connectivity index (χ1n) is 8.20. The van der Waals surface area contributed by atoms with Crippen molar-refractivity contribution in [2.24, 2.45) is 0 Å².